The standard InChI is InChI=1S/C28H32F2N10O2/c1-36(2)6-5-32-27(41)18-14-24(21(30)15-20(18)29)38-10-7-37(8-11-38)9-12-39-26-19(17-33-39)23-16-22(25-4-3-13-42-25)35-40(23)28(31)34-26/h3-4,13-17H,5-12H2,1-2H3,(H2,31,34)(H,32,41). The van der Waals surface area contributed by atoms with Gasteiger partial charge in [-0.25, -0.2) is 13.5 Å². The summed E-state index contributed by atoms with van der Waals surface area (Å²) >= 11 is 0. The molecule has 0 bridgehead atoms. The molecule has 0 atom stereocenters. The number of piperazine rings is 1. The predicted molar refractivity (Wildman–Crippen MR) is 154 cm³/mol. The summed E-state index contributed by atoms with van der Waals surface area (Å²) < 4.78 is 38.1. The van der Waals surface area contributed by atoms with Gasteiger partial charge in [0.05, 0.1) is 41.2 Å². The molecule has 220 valence electrons. The number of carbonyl (C=O) groups excluding carboxylic acids is 1. The number of nitrogens with two attached hydrogens (primary N) is 1. The zero-order valence-corrected chi connectivity index (χ0v) is 23.4. The maximum atomic E-state index is 14.8. The second-order valence-corrected chi connectivity index (χ2v) is 10.6. The van der Waals surface area contributed by atoms with Gasteiger partial charge < -0.3 is 25.3 Å². The average Bonchev–Trinajstić information content (AvgIpc) is 3.72. The van der Waals surface area contributed by atoms with Gasteiger partial charge in [0.25, 0.3) is 5.91 Å². The highest BCUT2D eigenvalue weighted by Gasteiger charge is 2.24. The van der Waals surface area contributed by atoms with Crippen LogP contribution in [0.25, 0.3) is 28.0 Å². The summed E-state index contributed by atoms with van der Waals surface area (Å²) in [6.07, 6.45) is 3.35. The van der Waals surface area contributed by atoms with E-state index < -0.39 is 17.5 Å². The van der Waals surface area contributed by atoms with Crippen molar-refractivity contribution < 1.29 is 18.0 Å². The third-order valence-electron chi connectivity index (χ3n) is 7.47. The number of hydrogen-bond acceptors (Lipinski definition) is 9. The van der Waals surface area contributed by atoms with Crippen molar-refractivity contribution in [2.75, 3.05) is 70.5 Å². The molecule has 1 aromatic carbocycles. The van der Waals surface area contributed by atoms with Gasteiger partial charge in [-0.05, 0) is 38.4 Å². The number of likely N-dealkylation sites (N-methyl/N-ethyl adjacent to an activating group) is 1. The predicted octanol–water partition coefficient (Wildman–Crippen LogP) is 2.31. The van der Waals surface area contributed by atoms with Crippen molar-refractivity contribution in [3.8, 4) is 11.5 Å². The van der Waals surface area contributed by atoms with Crippen molar-refractivity contribution in [3.05, 3.63) is 60.0 Å². The number of fused-ring (bicyclic) bond motifs is 3. The fourth-order valence-electron chi connectivity index (χ4n) is 5.18. The maximum Gasteiger partial charge on any atom is 0.254 e. The Morgan fingerprint density at radius 3 is 2.67 bits per heavy atom. The monoisotopic (exact) mass is 578 g/mol. The molecule has 0 radical (unpaired) electrons. The molecule has 0 saturated carbocycles. The van der Waals surface area contributed by atoms with Gasteiger partial charge in [0.2, 0.25) is 5.95 Å². The molecule has 1 fully saturated rings. The van der Waals surface area contributed by atoms with Crippen LogP contribution in [-0.4, -0.2) is 100.0 Å². The summed E-state index contributed by atoms with van der Waals surface area (Å²) in [5.41, 5.74) is 8.41. The Morgan fingerprint density at radius 2 is 1.93 bits per heavy atom. The zero-order chi connectivity index (χ0) is 29.4. The molecule has 1 aliphatic heterocycles. The van der Waals surface area contributed by atoms with Gasteiger partial charge >= 0.3 is 0 Å². The fourth-order valence-corrected chi connectivity index (χ4v) is 5.18. The molecule has 12 nitrogen and oxygen atoms in total. The van der Waals surface area contributed by atoms with Crippen molar-refractivity contribution in [2.45, 2.75) is 6.54 Å². The number of amides is 1. The van der Waals surface area contributed by atoms with Gasteiger partial charge in [-0.15, -0.1) is 0 Å². The van der Waals surface area contributed by atoms with Crippen LogP contribution in [0.5, 0.6) is 0 Å². The molecular weight excluding hydrogens is 546 g/mol. The maximum absolute atomic E-state index is 14.8. The lowest BCUT2D eigenvalue weighted by atomic mass is 10.1. The van der Waals surface area contributed by atoms with E-state index in [1.165, 1.54) is 6.07 Å². The quantitative estimate of drug-likeness (QED) is 0.271. The summed E-state index contributed by atoms with van der Waals surface area (Å²) in [4.78, 5) is 23.1. The van der Waals surface area contributed by atoms with Crippen LogP contribution in [0.4, 0.5) is 20.4 Å². The normalized spacial score (nSPS) is 14.5. The Bertz CT molecular complexity index is 1720. The number of rotatable bonds is 9. The van der Waals surface area contributed by atoms with E-state index in [2.05, 4.69) is 25.4 Å². The molecule has 0 unspecified atom stereocenters. The number of carbonyl (C=O) groups is 1. The molecule has 4 aromatic heterocycles. The molecule has 1 amide bonds. The van der Waals surface area contributed by atoms with E-state index in [0.29, 0.717) is 69.5 Å². The first-order chi connectivity index (χ1) is 20.3. The molecule has 5 heterocycles. The number of hydrogen-bond donors (Lipinski definition) is 2. The Labute approximate surface area is 240 Å². The highest BCUT2D eigenvalue weighted by atomic mass is 19.1. The lowest BCUT2D eigenvalue weighted by Gasteiger charge is -2.36. The topological polar surface area (TPSA) is 126 Å². The van der Waals surface area contributed by atoms with Crippen molar-refractivity contribution in [2.24, 2.45) is 0 Å². The molecule has 42 heavy (non-hydrogen) atoms. The van der Waals surface area contributed by atoms with Crippen LogP contribution in [0.1, 0.15) is 10.4 Å². The van der Waals surface area contributed by atoms with E-state index in [9.17, 15) is 13.6 Å². The van der Waals surface area contributed by atoms with Gasteiger partial charge in [-0.3, -0.25) is 9.69 Å². The SMILES string of the molecule is CN(C)CCNC(=O)c1cc(N2CCN(CCn3ncc4c3nc(N)n3nc(-c5ccco5)cc43)CC2)c(F)cc1F. The molecule has 6 rings (SSSR count). The average molecular weight is 579 g/mol. The number of anilines is 2. The smallest absolute Gasteiger partial charge is 0.254 e. The molecular formula is C28H32F2N10O2. The number of nitrogen functional groups attached to an aromatic ring is 1. The summed E-state index contributed by atoms with van der Waals surface area (Å²) in [6.45, 7) is 4.63. The Morgan fingerprint density at radius 1 is 1.12 bits per heavy atom. The number of halogens is 2. The van der Waals surface area contributed by atoms with Gasteiger partial charge in [-0.1, -0.05) is 0 Å². The van der Waals surface area contributed by atoms with E-state index in [4.69, 9.17) is 10.2 Å². The lowest BCUT2D eigenvalue weighted by Crippen LogP contribution is -2.47. The first kappa shape index (κ1) is 27.6. The first-order valence-electron chi connectivity index (χ1n) is 13.7. The Balaban J connectivity index is 1.10. The zero-order valence-electron chi connectivity index (χ0n) is 23.4. The minimum Gasteiger partial charge on any atom is -0.463 e. The Kier molecular flexibility index (Phi) is 7.47. The van der Waals surface area contributed by atoms with Crippen molar-refractivity contribution in [1.82, 2.24) is 39.5 Å². The lowest BCUT2D eigenvalue weighted by molar-refractivity contribution is 0.0947. The molecule has 1 aliphatic rings. The van der Waals surface area contributed by atoms with Crippen LogP contribution in [0, 0.1) is 11.6 Å². The fraction of sp³-hybridized carbons (Fsp3) is 0.357. The van der Waals surface area contributed by atoms with Crippen LogP contribution in [-0.2, 0) is 6.54 Å². The number of aromatic nitrogens is 5. The third-order valence-corrected chi connectivity index (χ3v) is 7.47. The molecule has 3 N–H and O–H groups in total. The number of nitrogens with zero attached hydrogens (tertiary/aromatic N) is 8. The summed E-state index contributed by atoms with van der Waals surface area (Å²) in [7, 11) is 3.76. The molecule has 0 aliphatic carbocycles. The minimum absolute atomic E-state index is 0.159. The van der Waals surface area contributed by atoms with Crippen molar-refractivity contribution in [3.63, 3.8) is 0 Å². The molecule has 5 aromatic rings. The second-order valence-electron chi connectivity index (χ2n) is 10.6. The number of benzene rings is 1. The third kappa shape index (κ3) is 5.37. The van der Waals surface area contributed by atoms with Gasteiger partial charge in [0, 0.05) is 51.9 Å². The molecule has 1 saturated heterocycles. The van der Waals surface area contributed by atoms with Crippen molar-refractivity contribution >= 4 is 34.1 Å². The summed E-state index contributed by atoms with van der Waals surface area (Å²) in [6, 6.07) is 7.64. The van der Waals surface area contributed by atoms with E-state index in [1.54, 1.807) is 23.0 Å². The summed E-state index contributed by atoms with van der Waals surface area (Å²) in [5.74, 6) is -1.22. The molecule has 14 heteroatoms. The van der Waals surface area contributed by atoms with Gasteiger partial charge in [-0.2, -0.15) is 19.7 Å². The van der Waals surface area contributed by atoms with Gasteiger partial charge in [0.15, 0.2) is 11.4 Å². The van der Waals surface area contributed by atoms with E-state index >= 15 is 0 Å². The van der Waals surface area contributed by atoms with E-state index in [0.717, 1.165) is 17.0 Å². The number of furan rings is 1. The van der Waals surface area contributed by atoms with Crippen LogP contribution in [0.15, 0.2) is 47.2 Å². The van der Waals surface area contributed by atoms with Gasteiger partial charge in [0.1, 0.15) is 17.3 Å². The highest BCUT2D eigenvalue weighted by molar-refractivity contribution is 5.95. The van der Waals surface area contributed by atoms with Crippen LogP contribution in [0.2, 0.25) is 0 Å². The highest BCUT2D eigenvalue weighted by Crippen LogP contribution is 2.27. The van der Waals surface area contributed by atoms with E-state index in [-0.39, 0.29) is 17.2 Å². The van der Waals surface area contributed by atoms with Crippen LogP contribution < -0.4 is 16.0 Å². The second kappa shape index (κ2) is 11.4. The largest absolute Gasteiger partial charge is 0.463 e. The molecule has 0 spiro atoms. The number of nitrogens with one attached hydrogen (secondary N) is 1. The van der Waals surface area contributed by atoms with Crippen molar-refractivity contribution in [1.29, 1.82) is 0 Å². The van der Waals surface area contributed by atoms with Crippen LogP contribution >= 0.6 is 0 Å². The Hall–Kier alpha value is -4.56. The minimum atomic E-state index is -0.872. The first-order valence-corrected chi connectivity index (χ1v) is 13.7. The van der Waals surface area contributed by atoms with E-state index in [1.807, 2.05) is 40.7 Å². The summed E-state index contributed by atoms with van der Waals surface area (Å²) in [5, 5.41) is 12.6. The van der Waals surface area contributed by atoms with Crippen LogP contribution in [0.3, 0.4) is 0 Å².